The monoisotopic (exact) mass is 142 g/mol. The van der Waals surface area contributed by atoms with Gasteiger partial charge in [0.15, 0.2) is 0 Å². The zero-order valence-electron chi connectivity index (χ0n) is 5.52. The van der Waals surface area contributed by atoms with Gasteiger partial charge in [0.25, 0.3) is 5.56 Å². The molecule has 1 heterocycles. The Hall–Kier alpha value is -1.19. The molecule has 1 N–H and O–H groups in total. The lowest BCUT2D eigenvalue weighted by molar-refractivity contribution is 0.474. The van der Waals surface area contributed by atoms with E-state index >= 15 is 0 Å². The number of hydrogen-bond donors (Lipinski definition) is 1. The molecule has 1 aromatic heterocycles. The number of nitrogens with one attached hydrogen (secondary N) is 1. The fourth-order valence-corrected chi connectivity index (χ4v) is 0.710. The maximum atomic E-state index is 11.9. The average molecular weight is 142 g/mol. The summed E-state index contributed by atoms with van der Waals surface area (Å²) in [5.41, 5.74) is -0.124. The second kappa shape index (κ2) is 2.60. The lowest BCUT2D eigenvalue weighted by atomic mass is 10.4. The summed E-state index contributed by atoms with van der Waals surface area (Å²) in [4.78, 5) is 16.7. The molecule has 0 bridgehead atoms. The van der Waals surface area contributed by atoms with Gasteiger partial charge in [-0.2, -0.15) is 0 Å². The molecule has 4 heteroatoms. The molecule has 0 fully saturated rings. The first-order chi connectivity index (χ1) is 4.72. The van der Waals surface area contributed by atoms with Crippen LogP contribution in [0, 0.1) is 6.92 Å². The van der Waals surface area contributed by atoms with E-state index in [0.29, 0.717) is 5.82 Å². The van der Waals surface area contributed by atoms with Crippen LogP contribution in [0.2, 0.25) is 0 Å². The van der Waals surface area contributed by atoms with Gasteiger partial charge in [-0.05, 0) is 6.92 Å². The van der Waals surface area contributed by atoms with Crippen LogP contribution in [-0.4, -0.2) is 9.97 Å². The molecule has 54 valence electrons. The Morgan fingerprint density at radius 2 is 2.50 bits per heavy atom. The topological polar surface area (TPSA) is 45.8 Å². The predicted octanol–water partition coefficient (Wildman–Crippen LogP) is 0.548. The largest absolute Gasteiger partial charge is 0.311 e. The number of aromatic amines is 1. The number of rotatable bonds is 1. The van der Waals surface area contributed by atoms with E-state index in [-0.39, 0.29) is 11.3 Å². The summed E-state index contributed by atoms with van der Waals surface area (Å²) in [6.07, 6.45) is 0. The molecule has 0 aliphatic carbocycles. The van der Waals surface area contributed by atoms with E-state index in [2.05, 4.69) is 9.97 Å². The molecule has 1 rings (SSSR count). The molecule has 0 aromatic carbocycles. The summed E-state index contributed by atoms with van der Waals surface area (Å²) in [7, 11) is 0. The Labute approximate surface area is 56.9 Å². The molecule has 0 saturated carbocycles. The maximum Gasteiger partial charge on any atom is 0.251 e. The van der Waals surface area contributed by atoms with Gasteiger partial charge in [0, 0.05) is 6.07 Å². The van der Waals surface area contributed by atoms with Crippen LogP contribution in [0.3, 0.4) is 0 Å². The lowest BCUT2D eigenvalue weighted by Gasteiger charge is -1.93. The lowest BCUT2D eigenvalue weighted by Crippen LogP contribution is -2.09. The van der Waals surface area contributed by atoms with Crippen LogP contribution < -0.4 is 5.56 Å². The second-order valence-corrected chi connectivity index (χ2v) is 1.96. The van der Waals surface area contributed by atoms with Crippen LogP contribution in [0.4, 0.5) is 4.39 Å². The van der Waals surface area contributed by atoms with Crippen molar-refractivity contribution in [2.75, 3.05) is 0 Å². The highest BCUT2D eigenvalue weighted by Crippen LogP contribution is 1.91. The van der Waals surface area contributed by atoms with Crippen molar-refractivity contribution >= 4 is 0 Å². The molecule has 0 saturated heterocycles. The molecule has 1 aromatic rings. The third-order valence-corrected chi connectivity index (χ3v) is 1.05. The minimum absolute atomic E-state index is 0.182. The molecule has 3 nitrogen and oxygen atoms in total. The summed E-state index contributed by atoms with van der Waals surface area (Å²) < 4.78 is 11.9. The summed E-state index contributed by atoms with van der Waals surface area (Å²) in [6.45, 7) is 0.922. The minimum atomic E-state index is -0.690. The van der Waals surface area contributed by atoms with Gasteiger partial charge in [-0.1, -0.05) is 0 Å². The predicted molar refractivity (Wildman–Crippen MR) is 34.4 cm³/mol. The number of aromatic nitrogens is 2. The molecular formula is C6H7FN2O. The third-order valence-electron chi connectivity index (χ3n) is 1.05. The van der Waals surface area contributed by atoms with E-state index < -0.39 is 6.67 Å². The van der Waals surface area contributed by atoms with Gasteiger partial charge >= 0.3 is 0 Å². The zero-order chi connectivity index (χ0) is 7.56. The van der Waals surface area contributed by atoms with Crippen molar-refractivity contribution in [2.45, 2.75) is 13.6 Å². The standard InChI is InChI=1S/C6H7FN2O/c1-4-8-5(3-7)2-6(10)9-4/h2H,3H2,1H3,(H,8,9,10). The average Bonchev–Trinajstić information content (AvgIpc) is 1.85. The highest BCUT2D eigenvalue weighted by atomic mass is 19.1. The Bertz CT molecular complexity index is 281. The Balaban J connectivity index is 3.19. The molecule has 0 aliphatic rings. The van der Waals surface area contributed by atoms with E-state index in [1.54, 1.807) is 6.92 Å². The molecular weight excluding hydrogens is 135 g/mol. The molecule has 0 amide bonds. The number of alkyl halides is 1. The number of hydrogen-bond acceptors (Lipinski definition) is 2. The smallest absolute Gasteiger partial charge is 0.251 e. The van der Waals surface area contributed by atoms with E-state index in [9.17, 15) is 9.18 Å². The summed E-state index contributed by atoms with van der Waals surface area (Å²) in [6, 6.07) is 1.15. The van der Waals surface area contributed by atoms with Crippen molar-refractivity contribution in [3.05, 3.63) is 27.9 Å². The molecule has 10 heavy (non-hydrogen) atoms. The summed E-state index contributed by atoms with van der Waals surface area (Å²) >= 11 is 0. The number of aryl methyl sites for hydroxylation is 1. The SMILES string of the molecule is Cc1nc(CF)cc(=O)[nH]1. The van der Waals surface area contributed by atoms with Gasteiger partial charge in [0.1, 0.15) is 12.5 Å². The van der Waals surface area contributed by atoms with Gasteiger partial charge in [-0.25, -0.2) is 9.37 Å². The van der Waals surface area contributed by atoms with Crippen molar-refractivity contribution in [1.82, 2.24) is 9.97 Å². The first-order valence-electron chi connectivity index (χ1n) is 2.85. The first-order valence-corrected chi connectivity index (χ1v) is 2.85. The number of halogens is 1. The van der Waals surface area contributed by atoms with Crippen molar-refractivity contribution in [3.63, 3.8) is 0 Å². The minimum Gasteiger partial charge on any atom is -0.311 e. The van der Waals surface area contributed by atoms with E-state index in [1.165, 1.54) is 0 Å². The van der Waals surface area contributed by atoms with Crippen molar-refractivity contribution in [1.29, 1.82) is 0 Å². The molecule has 0 spiro atoms. The molecule has 0 radical (unpaired) electrons. The van der Waals surface area contributed by atoms with E-state index in [0.717, 1.165) is 6.07 Å². The zero-order valence-corrected chi connectivity index (χ0v) is 5.52. The van der Waals surface area contributed by atoms with Crippen molar-refractivity contribution in [2.24, 2.45) is 0 Å². The van der Waals surface area contributed by atoms with Crippen LogP contribution in [0.1, 0.15) is 11.5 Å². The van der Waals surface area contributed by atoms with Crippen LogP contribution in [0.5, 0.6) is 0 Å². The molecule has 0 aliphatic heterocycles. The fourth-order valence-electron chi connectivity index (χ4n) is 0.710. The van der Waals surface area contributed by atoms with Crippen LogP contribution in [0.25, 0.3) is 0 Å². The van der Waals surface area contributed by atoms with E-state index in [1.807, 2.05) is 0 Å². The van der Waals surface area contributed by atoms with Gasteiger partial charge in [0.05, 0.1) is 5.69 Å². The van der Waals surface area contributed by atoms with Gasteiger partial charge < -0.3 is 4.98 Å². The number of nitrogens with zero attached hydrogens (tertiary/aromatic N) is 1. The quantitative estimate of drug-likeness (QED) is 0.622. The molecule has 0 unspecified atom stereocenters. The Morgan fingerprint density at radius 1 is 1.80 bits per heavy atom. The highest BCUT2D eigenvalue weighted by Gasteiger charge is 1.94. The van der Waals surface area contributed by atoms with Gasteiger partial charge in [-0.15, -0.1) is 0 Å². The maximum absolute atomic E-state index is 11.9. The second-order valence-electron chi connectivity index (χ2n) is 1.96. The molecule has 0 atom stereocenters. The Kier molecular flexibility index (Phi) is 1.80. The van der Waals surface area contributed by atoms with Crippen LogP contribution in [0.15, 0.2) is 10.9 Å². The third kappa shape index (κ3) is 1.40. The van der Waals surface area contributed by atoms with Crippen LogP contribution >= 0.6 is 0 Å². The van der Waals surface area contributed by atoms with E-state index in [4.69, 9.17) is 0 Å². The fraction of sp³-hybridized carbons (Fsp3) is 0.333. The van der Waals surface area contributed by atoms with Gasteiger partial charge in [-0.3, -0.25) is 4.79 Å². The number of H-pyrrole nitrogens is 1. The van der Waals surface area contributed by atoms with Crippen molar-refractivity contribution < 1.29 is 4.39 Å². The highest BCUT2D eigenvalue weighted by molar-refractivity contribution is 4.99. The first kappa shape index (κ1) is 6.92. The van der Waals surface area contributed by atoms with Gasteiger partial charge in [0.2, 0.25) is 0 Å². The Morgan fingerprint density at radius 3 is 3.00 bits per heavy atom. The van der Waals surface area contributed by atoms with Crippen LogP contribution in [-0.2, 0) is 6.67 Å². The summed E-state index contributed by atoms with van der Waals surface area (Å²) in [5, 5.41) is 0. The van der Waals surface area contributed by atoms with Crippen molar-refractivity contribution in [3.8, 4) is 0 Å². The normalized spacial score (nSPS) is 9.80. The summed E-state index contributed by atoms with van der Waals surface area (Å²) in [5.74, 6) is 0.445.